The second-order valence-electron chi connectivity index (χ2n) is 5.75. The quantitative estimate of drug-likeness (QED) is 0.203. The maximum atomic E-state index is 12.1. The van der Waals surface area contributed by atoms with Crippen LogP contribution in [-0.2, 0) is 10.0 Å². The van der Waals surface area contributed by atoms with Crippen LogP contribution in [0.5, 0.6) is 11.5 Å². The van der Waals surface area contributed by atoms with Gasteiger partial charge in [0.2, 0.25) is 10.0 Å². The molecule has 162 valence electrons. The number of halogens is 1. The van der Waals surface area contributed by atoms with Gasteiger partial charge < -0.3 is 19.7 Å². The molecule has 0 aliphatic carbocycles. The summed E-state index contributed by atoms with van der Waals surface area (Å²) >= 11 is 1.19. The van der Waals surface area contributed by atoms with Crippen LogP contribution in [0.15, 0.2) is 51.0 Å². The first-order valence-corrected chi connectivity index (χ1v) is 11.0. The van der Waals surface area contributed by atoms with Crippen LogP contribution in [0.25, 0.3) is 0 Å². The number of nitrogens with one attached hydrogen (secondary N) is 2. The van der Waals surface area contributed by atoms with Crippen LogP contribution >= 0.6 is 35.3 Å². The predicted molar refractivity (Wildman–Crippen MR) is 127 cm³/mol. The van der Waals surface area contributed by atoms with Gasteiger partial charge in [-0.3, -0.25) is 4.99 Å². The zero-order valence-corrected chi connectivity index (χ0v) is 20.6. The van der Waals surface area contributed by atoms with Gasteiger partial charge in [-0.1, -0.05) is 6.07 Å². The highest BCUT2D eigenvalue weighted by Crippen LogP contribution is 2.17. The Morgan fingerprint density at radius 3 is 2.45 bits per heavy atom. The van der Waals surface area contributed by atoms with Gasteiger partial charge in [0.15, 0.2) is 5.96 Å². The number of aliphatic imine (C=N–C) groups is 1. The molecule has 0 spiro atoms. The SMILES string of the molecule is CN=C(NCCNS(=O)(=O)c1cccs1)N(C)CCOc1ccc(OC)cc1.I. The van der Waals surface area contributed by atoms with Crippen molar-refractivity contribution >= 4 is 51.3 Å². The Kier molecular flexibility index (Phi) is 11.3. The van der Waals surface area contributed by atoms with Crippen molar-refractivity contribution in [3.8, 4) is 11.5 Å². The second kappa shape index (κ2) is 12.9. The first-order chi connectivity index (χ1) is 13.5. The van der Waals surface area contributed by atoms with Gasteiger partial charge in [-0.25, -0.2) is 13.1 Å². The van der Waals surface area contributed by atoms with Crippen molar-refractivity contribution in [3.63, 3.8) is 0 Å². The predicted octanol–water partition coefficient (Wildman–Crippen LogP) is 2.24. The third-order valence-corrected chi connectivity index (χ3v) is 6.65. The first kappa shape index (κ1) is 25.5. The van der Waals surface area contributed by atoms with Crippen molar-refractivity contribution < 1.29 is 17.9 Å². The molecule has 1 heterocycles. The molecule has 0 fully saturated rings. The lowest BCUT2D eigenvalue weighted by atomic mass is 10.3. The van der Waals surface area contributed by atoms with Gasteiger partial charge in [0, 0.05) is 27.2 Å². The van der Waals surface area contributed by atoms with Crippen LogP contribution in [0, 0.1) is 0 Å². The molecular formula is C18H27IN4O4S2. The third-order valence-electron chi connectivity index (χ3n) is 3.79. The fourth-order valence-electron chi connectivity index (χ4n) is 2.31. The number of sulfonamides is 1. The molecule has 0 bridgehead atoms. The Labute approximate surface area is 193 Å². The van der Waals surface area contributed by atoms with Crippen molar-refractivity contribution in [3.05, 3.63) is 41.8 Å². The minimum Gasteiger partial charge on any atom is -0.497 e. The Morgan fingerprint density at radius 2 is 1.86 bits per heavy atom. The van der Waals surface area contributed by atoms with E-state index in [0.29, 0.717) is 29.9 Å². The van der Waals surface area contributed by atoms with Gasteiger partial charge in [0.25, 0.3) is 0 Å². The lowest BCUT2D eigenvalue weighted by Crippen LogP contribution is -2.43. The number of likely N-dealkylation sites (N-methyl/N-ethyl adjacent to an activating group) is 1. The van der Waals surface area contributed by atoms with Gasteiger partial charge in [-0.2, -0.15) is 0 Å². The van der Waals surface area contributed by atoms with Gasteiger partial charge in [-0.15, -0.1) is 35.3 Å². The van der Waals surface area contributed by atoms with E-state index in [9.17, 15) is 8.42 Å². The van der Waals surface area contributed by atoms with Crippen LogP contribution < -0.4 is 19.5 Å². The lowest BCUT2D eigenvalue weighted by Gasteiger charge is -2.22. The van der Waals surface area contributed by atoms with Gasteiger partial charge in [-0.05, 0) is 35.7 Å². The standard InChI is InChI=1S/C18H26N4O4S2.HI/c1-19-18(20-10-11-21-28(23,24)17-5-4-14-27-17)22(2)12-13-26-16-8-6-15(25-3)7-9-16;/h4-9,14,21H,10-13H2,1-3H3,(H,19,20);1H. The minimum atomic E-state index is -3.45. The van der Waals surface area contributed by atoms with Gasteiger partial charge >= 0.3 is 0 Å². The minimum absolute atomic E-state index is 0. The molecule has 2 N–H and O–H groups in total. The Balaban J connectivity index is 0.00000420. The van der Waals surface area contributed by atoms with Crippen molar-refractivity contribution in [1.29, 1.82) is 0 Å². The highest BCUT2D eigenvalue weighted by molar-refractivity contribution is 14.0. The van der Waals surface area contributed by atoms with E-state index in [2.05, 4.69) is 15.0 Å². The molecule has 0 saturated carbocycles. The number of methoxy groups -OCH3 is 1. The molecule has 0 atom stereocenters. The average molecular weight is 554 g/mol. The lowest BCUT2D eigenvalue weighted by molar-refractivity contribution is 0.281. The average Bonchev–Trinajstić information content (AvgIpc) is 3.24. The summed E-state index contributed by atoms with van der Waals surface area (Å²) in [6, 6.07) is 10.7. The summed E-state index contributed by atoms with van der Waals surface area (Å²) in [6.45, 7) is 1.78. The highest BCUT2D eigenvalue weighted by atomic mass is 127. The van der Waals surface area contributed by atoms with Gasteiger partial charge in [0.05, 0.1) is 13.7 Å². The van der Waals surface area contributed by atoms with Crippen LogP contribution in [0.4, 0.5) is 0 Å². The van der Waals surface area contributed by atoms with E-state index in [-0.39, 0.29) is 30.5 Å². The molecule has 29 heavy (non-hydrogen) atoms. The van der Waals surface area contributed by atoms with Crippen LogP contribution in [-0.4, -0.2) is 66.7 Å². The van der Waals surface area contributed by atoms with Crippen LogP contribution in [0.3, 0.4) is 0 Å². The van der Waals surface area contributed by atoms with Crippen molar-refractivity contribution in [2.75, 3.05) is 47.4 Å². The number of hydrogen-bond donors (Lipinski definition) is 2. The summed E-state index contributed by atoms with van der Waals surface area (Å²) in [6.07, 6.45) is 0. The molecule has 0 aliphatic rings. The van der Waals surface area contributed by atoms with E-state index in [4.69, 9.17) is 9.47 Å². The molecule has 2 aromatic rings. The molecule has 0 aliphatic heterocycles. The van der Waals surface area contributed by atoms with Crippen LogP contribution in [0.2, 0.25) is 0 Å². The highest BCUT2D eigenvalue weighted by Gasteiger charge is 2.14. The van der Waals surface area contributed by atoms with E-state index in [1.807, 2.05) is 36.2 Å². The maximum absolute atomic E-state index is 12.1. The number of hydrogen-bond acceptors (Lipinski definition) is 6. The van der Waals surface area contributed by atoms with Crippen molar-refractivity contribution in [2.45, 2.75) is 4.21 Å². The number of benzene rings is 1. The van der Waals surface area contributed by atoms with Crippen molar-refractivity contribution in [1.82, 2.24) is 14.9 Å². The molecule has 8 nitrogen and oxygen atoms in total. The molecule has 2 rings (SSSR count). The summed E-state index contributed by atoms with van der Waals surface area (Å²) in [5.74, 6) is 2.21. The summed E-state index contributed by atoms with van der Waals surface area (Å²) in [5.41, 5.74) is 0. The van der Waals surface area contributed by atoms with E-state index in [1.165, 1.54) is 11.3 Å². The Hall–Kier alpha value is -1.57. The number of nitrogens with zero attached hydrogens (tertiary/aromatic N) is 2. The second-order valence-corrected chi connectivity index (χ2v) is 8.69. The summed E-state index contributed by atoms with van der Waals surface area (Å²) in [5, 5.41) is 4.86. The van der Waals surface area contributed by atoms with Gasteiger partial charge in [0.1, 0.15) is 22.3 Å². The molecule has 11 heteroatoms. The van der Waals surface area contributed by atoms with E-state index < -0.39 is 10.0 Å². The first-order valence-electron chi connectivity index (χ1n) is 8.68. The monoisotopic (exact) mass is 554 g/mol. The van der Waals surface area contributed by atoms with E-state index >= 15 is 0 Å². The number of thiophene rings is 1. The third kappa shape index (κ3) is 8.36. The van der Waals surface area contributed by atoms with Crippen molar-refractivity contribution in [2.24, 2.45) is 4.99 Å². The summed E-state index contributed by atoms with van der Waals surface area (Å²) < 4.78 is 37.8. The molecular weight excluding hydrogens is 527 g/mol. The molecule has 0 radical (unpaired) electrons. The topological polar surface area (TPSA) is 92.3 Å². The fourth-order valence-corrected chi connectivity index (χ4v) is 4.38. The fraction of sp³-hybridized carbons (Fsp3) is 0.389. The van der Waals surface area contributed by atoms with E-state index in [0.717, 1.165) is 11.5 Å². The number of guanidine groups is 1. The van der Waals surface area contributed by atoms with E-state index in [1.54, 1.807) is 31.7 Å². The van der Waals surface area contributed by atoms with Crippen LogP contribution in [0.1, 0.15) is 0 Å². The number of rotatable bonds is 10. The summed E-state index contributed by atoms with van der Waals surface area (Å²) in [4.78, 5) is 6.12. The Morgan fingerprint density at radius 1 is 1.17 bits per heavy atom. The maximum Gasteiger partial charge on any atom is 0.250 e. The molecule has 1 aromatic heterocycles. The molecule has 0 saturated heterocycles. The zero-order chi connectivity index (χ0) is 20.4. The Bertz CT molecular complexity index is 843. The smallest absolute Gasteiger partial charge is 0.250 e. The largest absolute Gasteiger partial charge is 0.497 e. The molecule has 1 aromatic carbocycles. The number of ether oxygens (including phenoxy) is 2. The summed E-state index contributed by atoms with van der Waals surface area (Å²) in [7, 11) is 1.75. The molecule has 0 unspecified atom stereocenters. The normalized spacial score (nSPS) is 11.5. The zero-order valence-electron chi connectivity index (χ0n) is 16.6. The molecule has 0 amide bonds.